The average molecular weight is 256 g/mol. The summed E-state index contributed by atoms with van der Waals surface area (Å²) in [6, 6.07) is 6.88. The van der Waals surface area contributed by atoms with Crippen LogP contribution in [0.1, 0.15) is 31.1 Å². The number of aliphatic hydroxyl groups excluding tert-OH is 1. The maximum absolute atomic E-state index is 12.2. The normalized spacial score (nSPS) is 12.6. The van der Waals surface area contributed by atoms with Crippen molar-refractivity contribution >= 4 is 17.5 Å². The summed E-state index contributed by atoms with van der Waals surface area (Å²) in [5.74, 6) is -0.108. The molecular formula is C13H18ClNO2. The zero-order valence-corrected chi connectivity index (χ0v) is 11.1. The zero-order chi connectivity index (χ0) is 13.0. The Bertz CT molecular complexity index is 391. The van der Waals surface area contributed by atoms with Gasteiger partial charge in [0.05, 0.1) is 6.10 Å². The summed E-state index contributed by atoms with van der Waals surface area (Å²) in [5, 5.41) is 9.94. The number of carbonyl (C=O) groups excluding carboxylic acids is 1. The standard InChI is InChI=1S/C13H18ClNO2/c1-9(2)15(8-10(3)16)13(17)11-5-4-6-12(14)7-11/h4-7,9-10,16H,8H2,1-3H3. The molecule has 0 spiro atoms. The van der Waals surface area contributed by atoms with E-state index in [0.29, 0.717) is 17.1 Å². The molecule has 0 aliphatic rings. The molecule has 1 N–H and O–H groups in total. The minimum Gasteiger partial charge on any atom is -0.392 e. The van der Waals surface area contributed by atoms with Gasteiger partial charge in [-0.3, -0.25) is 4.79 Å². The number of nitrogens with zero attached hydrogens (tertiary/aromatic N) is 1. The Hall–Kier alpha value is -1.06. The second-order valence-corrected chi connectivity index (χ2v) is 4.85. The molecular weight excluding hydrogens is 238 g/mol. The molecule has 1 rings (SSSR count). The highest BCUT2D eigenvalue weighted by Crippen LogP contribution is 2.14. The molecule has 0 saturated carbocycles. The second kappa shape index (κ2) is 6.03. The number of carbonyl (C=O) groups is 1. The topological polar surface area (TPSA) is 40.5 Å². The molecule has 1 atom stereocenters. The Kier molecular flexibility index (Phi) is 4.97. The highest BCUT2D eigenvalue weighted by Gasteiger charge is 2.20. The Morgan fingerprint density at radius 2 is 2.06 bits per heavy atom. The van der Waals surface area contributed by atoms with Gasteiger partial charge in [-0.25, -0.2) is 0 Å². The van der Waals surface area contributed by atoms with Gasteiger partial charge in [-0.05, 0) is 39.0 Å². The van der Waals surface area contributed by atoms with Crippen molar-refractivity contribution < 1.29 is 9.90 Å². The molecule has 1 aromatic carbocycles. The van der Waals surface area contributed by atoms with Crippen molar-refractivity contribution in [1.29, 1.82) is 0 Å². The van der Waals surface area contributed by atoms with Gasteiger partial charge in [0.25, 0.3) is 5.91 Å². The summed E-state index contributed by atoms with van der Waals surface area (Å²) in [6.45, 7) is 5.83. The van der Waals surface area contributed by atoms with Crippen LogP contribution in [0.25, 0.3) is 0 Å². The van der Waals surface area contributed by atoms with Crippen molar-refractivity contribution in [2.45, 2.75) is 32.9 Å². The van der Waals surface area contributed by atoms with E-state index in [0.717, 1.165) is 0 Å². The van der Waals surface area contributed by atoms with Crippen molar-refractivity contribution in [3.63, 3.8) is 0 Å². The maximum atomic E-state index is 12.2. The van der Waals surface area contributed by atoms with Gasteiger partial charge in [-0.1, -0.05) is 17.7 Å². The largest absolute Gasteiger partial charge is 0.392 e. The van der Waals surface area contributed by atoms with Crippen LogP contribution in [0, 0.1) is 0 Å². The van der Waals surface area contributed by atoms with Gasteiger partial charge in [0, 0.05) is 23.2 Å². The fourth-order valence-electron chi connectivity index (χ4n) is 1.60. The summed E-state index contributed by atoms with van der Waals surface area (Å²) in [6.07, 6.45) is -0.541. The molecule has 0 fully saturated rings. The number of amides is 1. The number of rotatable bonds is 4. The molecule has 1 aromatic rings. The van der Waals surface area contributed by atoms with E-state index in [2.05, 4.69) is 0 Å². The van der Waals surface area contributed by atoms with Crippen LogP contribution in [0.5, 0.6) is 0 Å². The number of aliphatic hydroxyl groups is 1. The monoisotopic (exact) mass is 255 g/mol. The highest BCUT2D eigenvalue weighted by atomic mass is 35.5. The molecule has 0 aliphatic carbocycles. The first-order valence-corrected chi connectivity index (χ1v) is 6.04. The van der Waals surface area contributed by atoms with E-state index in [4.69, 9.17) is 11.6 Å². The number of hydrogen-bond donors (Lipinski definition) is 1. The molecule has 94 valence electrons. The third-order valence-electron chi connectivity index (χ3n) is 2.42. The fourth-order valence-corrected chi connectivity index (χ4v) is 1.79. The van der Waals surface area contributed by atoms with E-state index >= 15 is 0 Å². The quantitative estimate of drug-likeness (QED) is 0.898. The van der Waals surface area contributed by atoms with E-state index in [1.165, 1.54) is 0 Å². The molecule has 0 saturated heterocycles. The van der Waals surface area contributed by atoms with Crippen LogP contribution in [0.2, 0.25) is 5.02 Å². The van der Waals surface area contributed by atoms with Crippen molar-refractivity contribution in [3.05, 3.63) is 34.9 Å². The third kappa shape index (κ3) is 4.02. The molecule has 0 radical (unpaired) electrons. The summed E-state index contributed by atoms with van der Waals surface area (Å²) in [7, 11) is 0. The van der Waals surface area contributed by atoms with Crippen LogP contribution >= 0.6 is 11.6 Å². The molecule has 1 unspecified atom stereocenters. The Labute approximate surface area is 107 Å². The van der Waals surface area contributed by atoms with Crippen LogP contribution < -0.4 is 0 Å². The average Bonchev–Trinajstić information content (AvgIpc) is 2.24. The maximum Gasteiger partial charge on any atom is 0.254 e. The van der Waals surface area contributed by atoms with Gasteiger partial charge in [-0.2, -0.15) is 0 Å². The lowest BCUT2D eigenvalue weighted by Gasteiger charge is -2.28. The molecule has 0 heterocycles. The van der Waals surface area contributed by atoms with E-state index in [-0.39, 0.29) is 11.9 Å². The van der Waals surface area contributed by atoms with Crippen LogP contribution in [0.3, 0.4) is 0 Å². The Balaban J connectivity index is 2.92. The lowest BCUT2D eigenvalue weighted by Crippen LogP contribution is -2.41. The Morgan fingerprint density at radius 3 is 2.53 bits per heavy atom. The molecule has 0 aliphatic heterocycles. The molecule has 0 bridgehead atoms. The van der Waals surface area contributed by atoms with Crippen molar-refractivity contribution in [1.82, 2.24) is 4.90 Å². The molecule has 3 nitrogen and oxygen atoms in total. The summed E-state index contributed by atoms with van der Waals surface area (Å²) in [4.78, 5) is 13.9. The number of hydrogen-bond acceptors (Lipinski definition) is 2. The fraction of sp³-hybridized carbons (Fsp3) is 0.462. The number of halogens is 1. The van der Waals surface area contributed by atoms with Crippen LogP contribution in [-0.2, 0) is 0 Å². The first kappa shape index (κ1) is 14.0. The third-order valence-corrected chi connectivity index (χ3v) is 2.65. The van der Waals surface area contributed by atoms with E-state index in [1.807, 2.05) is 13.8 Å². The summed E-state index contributed by atoms with van der Waals surface area (Å²) >= 11 is 5.86. The number of benzene rings is 1. The SMILES string of the molecule is CC(O)CN(C(=O)c1cccc(Cl)c1)C(C)C. The zero-order valence-electron chi connectivity index (χ0n) is 10.4. The van der Waals surface area contributed by atoms with Crippen molar-refractivity contribution in [2.75, 3.05) is 6.54 Å². The predicted molar refractivity (Wildman–Crippen MR) is 69.3 cm³/mol. The first-order valence-electron chi connectivity index (χ1n) is 5.66. The van der Waals surface area contributed by atoms with Crippen LogP contribution in [0.15, 0.2) is 24.3 Å². The van der Waals surface area contributed by atoms with Crippen molar-refractivity contribution in [3.8, 4) is 0 Å². The summed E-state index contributed by atoms with van der Waals surface area (Å²) < 4.78 is 0. The lowest BCUT2D eigenvalue weighted by atomic mass is 10.1. The molecule has 17 heavy (non-hydrogen) atoms. The van der Waals surface area contributed by atoms with E-state index < -0.39 is 6.10 Å². The Morgan fingerprint density at radius 1 is 1.41 bits per heavy atom. The highest BCUT2D eigenvalue weighted by molar-refractivity contribution is 6.30. The van der Waals surface area contributed by atoms with Crippen molar-refractivity contribution in [2.24, 2.45) is 0 Å². The minimum atomic E-state index is -0.541. The molecule has 0 aromatic heterocycles. The van der Waals surface area contributed by atoms with Gasteiger partial charge in [-0.15, -0.1) is 0 Å². The second-order valence-electron chi connectivity index (χ2n) is 4.41. The van der Waals surface area contributed by atoms with Gasteiger partial charge in [0.1, 0.15) is 0 Å². The molecule has 1 amide bonds. The van der Waals surface area contributed by atoms with E-state index in [9.17, 15) is 9.90 Å². The first-order chi connectivity index (χ1) is 7.91. The lowest BCUT2D eigenvalue weighted by molar-refractivity contribution is 0.0579. The van der Waals surface area contributed by atoms with Crippen LogP contribution in [0.4, 0.5) is 0 Å². The molecule has 4 heteroatoms. The van der Waals surface area contributed by atoms with E-state index in [1.54, 1.807) is 36.1 Å². The van der Waals surface area contributed by atoms with Crippen LogP contribution in [-0.4, -0.2) is 34.6 Å². The van der Waals surface area contributed by atoms with Gasteiger partial charge in [0.2, 0.25) is 0 Å². The predicted octanol–water partition coefficient (Wildman–Crippen LogP) is 2.57. The van der Waals surface area contributed by atoms with Gasteiger partial charge in [0.15, 0.2) is 0 Å². The minimum absolute atomic E-state index is 0.0380. The van der Waals surface area contributed by atoms with Gasteiger partial charge < -0.3 is 10.0 Å². The van der Waals surface area contributed by atoms with Gasteiger partial charge >= 0.3 is 0 Å². The smallest absolute Gasteiger partial charge is 0.254 e. The summed E-state index contributed by atoms with van der Waals surface area (Å²) in [5.41, 5.74) is 0.548.